The molecule has 0 aliphatic heterocycles. The molecule has 0 aliphatic carbocycles. The summed E-state index contributed by atoms with van der Waals surface area (Å²) in [5.41, 5.74) is 1.12. The predicted octanol–water partition coefficient (Wildman–Crippen LogP) is 3.57. The van der Waals surface area contributed by atoms with Gasteiger partial charge < -0.3 is 0 Å². The highest BCUT2D eigenvalue weighted by Gasteiger charge is 2.17. The van der Waals surface area contributed by atoms with Gasteiger partial charge in [0.1, 0.15) is 5.82 Å². The van der Waals surface area contributed by atoms with Crippen LogP contribution in [0.15, 0.2) is 18.3 Å². The molecule has 3 nitrogen and oxygen atoms in total. The third-order valence-corrected chi connectivity index (χ3v) is 3.14. The number of anilines is 1. The van der Waals surface area contributed by atoms with Crippen LogP contribution in [-0.4, -0.2) is 17.4 Å². The second-order valence-corrected chi connectivity index (χ2v) is 4.96. The average molecular weight is 248 g/mol. The van der Waals surface area contributed by atoms with E-state index in [1.165, 1.54) is 0 Å². The molecule has 0 spiro atoms. The summed E-state index contributed by atoms with van der Waals surface area (Å²) in [6.07, 6.45) is 4.40. The number of nitrogens with zero attached hydrogens (tertiary/aromatic N) is 2. The number of rotatable bonds is 6. The molecule has 0 saturated heterocycles. The van der Waals surface area contributed by atoms with Gasteiger partial charge in [-0.25, -0.2) is 4.98 Å². The normalized spacial score (nSPS) is 12.2. The molecule has 1 unspecified atom stereocenters. The topological polar surface area (TPSA) is 33.2 Å². The number of hydrogen-bond donors (Lipinski definition) is 0. The molecular formula is C15H24N2O. The van der Waals surface area contributed by atoms with Gasteiger partial charge in [0.15, 0.2) is 0 Å². The van der Waals surface area contributed by atoms with E-state index >= 15 is 0 Å². The molecule has 1 heterocycles. The fraction of sp³-hybridized carbons (Fsp3) is 0.600. The van der Waals surface area contributed by atoms with Crippen LogP contribution in [0.1, 0.15) is 45.6 Å². The minimum Gasteiger partial charge on any atom is -0.297 e. The summed E-state index contributed by atoms with van der Waals surface area (Å²) in [5, 5.41) is 0. The van der Waals surface area contributed by atoms with E-state index in [1.54, 1.807) is 0 Å². The lowest BCUT2D eigenvalue weighted by molar-refractivity contribution is -0.119. The zero-order valence-corrected chi connectivity index (χ0v) is 11.9. The SMILES string of the molecule is CCCN(C(=O)CC(C)CC)c1ccc(C)cn1. The molecule has 100 valence electrons. The number of carbonyl (C=O) groups is 1. The van der Waals surface area contributed by atoms with E-state index in [4.69, 9.17) is 0 Å². The monoisotopic (exact) mass is 248 g/mol. The summed E-state index contributed by atoms with van der Waals surface area (Å²) in [6.45, 7) is 9.06. The summed E-state index contributed by atoms with van der Waals surface area (Å²) < 4.78 is 0. The van der Waals surface area contributed by atoms with E-state index in [9.17, 15) is 4.79 Å². The van der Waals surface area contributed by atoms with Gasteiger partial charge in [0, 0.05) is 19.2 Å². The maximum Gasteiger partial charge on any atom is 0.228 e. The van der Waals surface area contributed by atoms with Crippen molar-refractivity contribution < 1.29 is 4.79 Å². The molecule has 1 rings (SSSR count). The Hall–Kier alpha value is -1.38. The Labute approximate surface area is 110 Å². The summed E-state index contributed by atoms with van der Waals surface area (Å²) in [5.74, 6) is 1.39. The molecule has 1 aromatic rings. The van der Waals surface area contributed by atoms with Gasteiger partial charge in [-0.3, -0.25) is 9.69 Å². The molecule has 1 amide bonds. The molecule has 1 atom stereocenters. The Bertz CT molecular complexity index is 373. The number of hydrogen-bond acceptors (Lipinski definition) is 2. The maximum absolute atomic E-state index is 12.3. The van der Waals surface area contributed by atoms with Crippen LogP contribution in [0.5, 0.6) is 0 Å². The number of aryl methyl sites for hydroxylation is 1. The zero-order valence-electron chi connectivity index (χ0n) is 11.9. The standard InChI is InChI=1S/C15H24N2O/c1-5-9-17(15(18)10-12(3)6-2)14-8-7-13(4)11-16-14/h7-8,11-12H,5-6,9-10H2,1-4H3. The van der Waals surface area contributed by atoms with E-state index in [1.807, 2.05) is 30.2 Å². The highest BCUT2D eigenvalue weighted by Crippen LogP contribution is 2.16. The predicted molar refractivity (Wildman–Crippen MR) is 75.7 cm³/mol. The molecule has 0 saturated carbocycles. The first-order chi connectivity index (χ1) is 8.58. The Balaban J connectivity index is 2.81. The molecule has 0 aliphatic rings. The van der Waals surface area contributed by atoms with Crippen LogP contribution in [0.4, 0.5) is 5.82 Å². The van der Waals surface area contributed by atoms with Crippen molar-refractivity contribution in [1.82, 2.24) is 4.98 Å². The summed E-state index contributed by atoms with van der Waals surface area (Å²) in [4.78, 5) is 18.4. The summed E-state index contributed by atoms with van der Waals surface area (Å²) in [7, 11) is 0. The fourth-order valence-electron chi connectivity index (χ4n) is 1.76. The van der Waals surface area contributed by atoms with Gasteiger partial charge >= 0.3 is 0 Å². The maximum atomic E-state index is 12.3. The highest BCUT2D eigenvalue weighted by molar-refractivity contribution is 5.92. The lowest BCUT2D eigenvalue weighted by Crippen LogP contribution is -2.33. The molecule has 0 aromatic carbocycles. The molecule has 3 heteroatoms. The van der Waals surface area contributed by atoms with Crippen LogP contribution in [0.3, 0.4) is 0 Å². The lowest BCUT2D eigenvalue weighted by Gasteiger charge is -2.22. The second kappa shape index (κ2) is 7.14. The van der Waals surface area contributed by atoms with Crippen molar-refractivity contribution in [1.29, 1.82) is 0 Å². The number of pyridine rings is 1. The van der Waals surface area contributed by atoms with E-state index < -0.39 is 0 Å². The Kier molecular flexibility index (Phi) is 5.83. The molecular weight excluding hydrogens is 224 g/mol. The van der Waals surface area contributed by atoms with Crippen molar-refractivity contribution in [3.63, 3.8) is 0 Å². The van der Waals surface area contributed by atoms with Crippen molar-refractivity contribution in [2.24, 2.45) is 5.92 Å². The van der Waals surface area contributed by atoms with Crippen molar-refractivity contribution in [3.8, 4) is 0 Å². The molecule has 18 heavy (non-hydrogen) atoms. The van der Waals surface area contributed by atoms with Crippen LogP contribution in [0.2, 0.25) is 0 Å². The minimum atomic E-state index is 0.183. The summed E-state index contributed by atoms with van der Waals surface area (Å²) >= 11 is 0. The van der Waals surface area contributed by atoms with Gasteiger partial charge in [0.25, 0.3) is 0 Å². The van der Waals surface area contributed by atoms with Gasteiger partial charge in [-0.05, 0) is 30.9 Å². The van der Waals surface area contributed by atoms with Gasteiger partial charge in [-0.2, -0.15) is 0 Å². The van der Waals surface area contributed by atoms with Crippen molar-refractivity contribution in [3.05, 3.63) is 23.9 Å². The van der Waals surface area contributed by atoms with Crippen molar-refractivity contribution >= 4 is 11.7 Å². The first-order valence-electron chi connectivity index (χ1n) is 6.81. The van der Waals surface area contributed by atoms with Crippen molar-refractivity contribution in [2.75, 3.05) is 11.4 Å². The number of carbonyl (C=O) groups excluding carboxylic acids is 1. The van der Waals surface area contributed by atoms with Crippen LogP contribution in [0, 0.1) is 12.8 Å². The number of aromatic nitrogens is 1. The van der Waals surface area contributed by atoms with E-state index in [2.05, 4.69) is 25.8 Å². The van der Waals surface area contributed by atoms with Gasteiger partial charge in [-0.1, -0.05) is 33.3 Å². The van der Waals surface area contributed by atoms with Crippen LogP contribution in [0.25, 0.3) is 0 Å². The quantitative estimate of drug-likeness (QED) is 0.771. The Morgan fingerprint density at radius 1 is 1.39 bits per heavy atom. The Morgan fingerprint density at radius 3 is 2.61 bits per heavy atom. The van der Waals surface area contributed by atoms with Crippen LogP contribution in [-0.2, 0) is 4.79 Å². The third kappa shape index (κ3) is 4.13. The molecule has 1 aromatic heterocycles. The molecule has 0 bridgehead atoms. The van der Waals surface area contributed by atoms with Crippen LogP contribution >= 0.6 is 0 Å². The third-order valence-electron chi connectivity index (χ3n) is 3.14. The van der Waals surface area contributed by atoms with Gasteiger partial charge in [-0.15, -0.1) is 0 Å². The van der Waals surface area contributed by atoms with E-state index in [0.717, 1.165) is 30.8 Å². The minimum absolute atomic E-state index is 0.183. The van der Waals surface area contributed by atoms with E-state index in [0.29, 0.717) is 12.3 Å². The first-order valence-corrected chi connectivity index (χ1v) is 6.81. The van der Waals surface area contributed by atoms with Gasteiger partial charge in [0.2, 0.25) is 5.91 Å². The van der Waals surface area contributed by atoms with E-state index in [-0.39, 0.29) is 5.91 Å². The zero-order chi connectivity index (χ0) is 13.5. The molecule has 0 N–H and O–H groups in total. The number of amides is 1. The summed E-state index contributed by atoms with van der Waals surface area (Å²) in [6, 6.07) is 3.93. The molecule has 0 fully saturated rings. The Morgan fingerprint density at radius 2 is 2.11 bits per heavy atom. The first kappa shape index (κ1) is 14.7. The second-order valence-electron chi connectivity index (χ2n) is 4.96. The van der Waals surface area contributed by atoms with Crippen LogP contribution < -0.4 is 4.90 Å². The average Bonchev–Trinajstić information content (AvgIpc) is 2.37. The largest absolute Gasteiger partial charge is 0.297 e. The smallest absolute Gasteiger partial charge is 0.228 e. The molecule has 0 radical (unpaired) electrons. The van der Waals surface area contributed by atoms with Crippen molar-refractivity contribution in [2.45, 2.75) is 47.0 Å². The lowest BCUT2D eigenvalue weighted by atomic mass is 10.0. The highest BCUT2D eigenvalue weighted by atomic mass is 16.2. The van der Waals surface area contributed by atoms with Gasteiger partial charge in [0.05, 0.1) is 0 Å². The fourth-order valence-corrected chi connectivity index (χ4v) is 1.76.